The van der Waals surface area contributed by atoms with Crippen LogP contribution in [-0.2, 0) is 16.1 Å². The van der Waals surface area contributed by atoms with Gasteiger partial charge in [-0.1, -0.05) is 6.42 Å². The Labute approximate surface area is 169 Å². The molecule has 8 nitrogen and oxygen atoms in total. The number of nitro groups is 1. The maximum Gasteiger partial charge on any atom is 0.326 e. The lowest BCUT2D eigenvalue weighted by Crippen LogP contribution is -2.28. The Morgan fingerprint density at radius 3 is 2.66 bits per heavy atom. The van der Waals surface area contributed by atoms with E-state index in [1.807, 2.05) is 0 Å². The summed E-state index contributed by atoms with van der Waals surface area (Å²) >= 11 is 1.32. The standard InChI is InChI=1S/C20H19N3O5S/c24-17(28-15-4-2-1-3-5-15)10-22-12-21-19-18(20(22)25)16(11-29-19)13-6-8-14(9-7-13)23(26)27/h6-9,11-12,15H,1-5,10H2. The van der Waals surface area contributed by atoms with E-state index in [1.54, 1.807) is 17.5 Å². The summed E-state index contributed by atoms with van der Waals surface area (Å²) in [7, 11) is 0. The maximum atomic E-state index is 13.0. The van der Waals surface area contributed by atoms with Crippen LogP contribution in [0.3, 0.4) is 0 Å². The van der Waals surface area contributed by atoms with Crippen molar-refractivity contribution in [3.05, 3.63) is 56.4 Å². The predicted molar refractivity (Wildman–Crippen MR) is 109 cm³/mol. The molecule has 0 aliphatic heterocycles. The summed E-state index contributed by atoms with van der Waals surface area (Å²) in [5, 5.41) is 13.1. The van der Waals surface area contributed by atoms with Crippen LogP contribution in [-0.4, -0.2) is 26.5 Å². The summed E-state index contributed by atoms with van der Waals surface area (Å²) in [5.41, 5.74) is 0.982. The Morgan fingerprint density at radius 1 is 1.24 bits per heavy atom. The number of fused-ring (bicyclic) bond motifs is 1. The summed E-state index contributed by atoms with van der Waals surface area (Å²) in [5.74, 6) is -0.438. The highest BCUT2D eigenvalue weighted by Crippen LogP contribution is 2.31. The average Bonchev–Trinajstić information content (AvgIpc) is 3.16. The van der Waals surface area contributed by atoms with Gasteiger partial charge in [-0.3, -0.25) is 24.3 Å². The highest BCUT2D eigenvalue weighted by Gasteiger charge is 2.20. The SMILES string of the molecule is O=C(Cn1cnc2scc(-c3ccc([N+](=O)[O-])cc3)c2c1=O)OC1CCCCC1. The minimum Gasteiger partial charge on any atom is -0.461 e. The van der Waals surface area contributed by atoms with Crippen molar-refractivity contribution in [1.29, 1.82) is 0 Å². The topological polar surface area (TPSA) is 104 Å². The van der Waals surface area contributed by atoms with E-state index in [1.165, 1.54) is 34.4 Å². The molecule has 2 aromatic heterocycles. The lowest BCUT2D eigenvalue weighted by atomic mass is 9.98. The van der Waals surface area contributed by atoms with Crippen LogP contribution in [0.5, 0.6) is 0 Å². The number of rotatable bonds is 5. The number of carbonyl (C=O) groups is 1. The van der Waals surface area contributed by atoms with Crippen LogP contribution in [0.25, 0.3) is 21.3 Å². The zero-order valence-corrected chi connectivity index (χ0v) is 16.4. The molecule has 0 spiro atoms. The highest BCUT2D eigenvalue weighted by molar-refractivity contribution is 7.17. The van der Waals surface area contributed by atoms with Crippen molar-refractivity contribution in [3.8, 4) is 11.1 Å². The minimum atomic E-state index is -0.470. The molecule has 0 atom stereocenters. The molecule has 0 amide bonds. The van der Waals surface area contributed by atoms with Crippen LogP contribution in [0, 0.1) is 10.1 Å². The van der Waals surface area contributed by atoms with Crippen molar-refractivity contribution >= 4 is 33.2 Å². The summed E-state index contributed by atoms with van der Waals surface area (Å²) in [6.07, 6.45) is 6.30. The Kier molecular flexibility index (Phi) is 5.39. The van der Waals surface area contributed by atoms with Gasteiger partial charge in [0.1, 0.15) is 17.5 Å². The van der Waals surface area contributed by atoms with Gasteiger partial charge in [-0.2, -0.15) is 0 Å². The second-order valence-electron chi connectivity index (χ2n) is 7.06. The van der Waals surface area contributed by atoms with Crippen LogP contribution >= 0.6 is 11.3 Å². The van der Waals surface area contributed by atoms with Crippen molar-refractivity contribution in [2.24, 2.45) is 0 Å². The van der Waals surface area contributed by atoms with Crippen LogP contribution in [0.2, 0.25) is 0 Å². The number of aromatic nitrogens is 2. The highest BCUT2D eigenvalue weighted by atomic mass is 32.1. The lowest BCUT2D eigenvalue weighted by molar-refractivity contribution is -0.384. The first-order valence-corrected chi connectivity index (χ1v) is 10.3. The summed E-state index contributed by atoms with van der Waals surface area (Å²) < 4.78 is 6.77. The predicted octanol–water partition coefficient (Wildman–Crippen LogP) is 3.91. The molecule has 1 saturated carbocycles. The molecule has 0 radical (unpaired) electrons. The zero-order chi connectivity index (χ0) is 20.4. The third-order valence-electron chi connectivity index (χ3n) is 5.10. The molecule has 1 aliphatic rings. The van der Waals surface area contributed by atoms with E-state index in [9.17, 15) is 19.7 Å². The molecule has 1 aromatic carbocycles. The van der Waals surface area contributed by atoms with Gasteiger partial charge in [-0.25, -0.2) is 4.98 Å². The summed E-state index contributed by atoms with van der Waals surface area (Å²) in [6, 6.07) is 6.01. The van der Waals surface area contributed by atoms with E-state index in [0.717, 1.165) is 32.1 Å². The van der Waals surface area contributed by atoms with Gasteiger partial charge in [-0.15, -0.1) is 11.3 Å². The second kappa shape index (κ2) is 8.12. The molecule has 0 N–H and O–H groups in total. The van der Waals surface area contributed by atoms with Gasteiger partial charge < -0.3 is 4.74 Å². The Hall–Kier alpha value is -3.07. The number of hydrogen-bond donors (Lipinski definition) is 0. The average molecular weight is 413 g/mol. The lowest BCUT2D eigenvalue weighted by Gasteiger charge is -2.21. The molecule has 3 aromatic rings. The fourth-order valence-electron chi connectivity index (χ4n) is 3.60. The Balaban J connectivity index is 1.61. The van der Waals surface area contributed by atoms with Crippen molar-refractivity contribution in [1.82, 2.24) is 9.55 Å². The van der Waals surface area contributed by atoms with Gasteiger partial charge in [-0.05, 0) is 43.4 Å². The molecule has 0 saturated heterocycles. The van der Waals surface area contributed by atoms with Crippen molar-refractivity contribution in [2.45, 2.75) is 44.8 Å². The van der Waals surface area contributed by atoms with Crippen LogP contribution in [0.4, 0.5) is 5.69 Å². The third kappa shape index (κ3) is 4.04. The minimum absolute atomic E-state index is 0.0192. The number of nitrogens with zero attached hydrogens (tertiary/aromatic N) is 3. The van der Waals surface area contributed by atoms with Gasteiger partial charge in [0.2, 0.25) is 0 Å². The quantitative estimate of drug-likeness (QED) is 0.357. The van der Waals surface area contributed by atoms with Gasteiger partial charge in [0, 0.05) is 23.1 Å². The molecule has 1 fully saturated rings. The number of hydrogen-bond acceptors (Lipinski definition) is 7. The molecule has 1 aliphatic carbocycles. The number of thiophene rings is 1. The van der Waals surface area contributed by atoms with Gasteiger partial charge in [0.05, 0.1) is 16.6 Å². The van der Waals surface area contributed by atoms with E-state index in [0.29, 0.717) is 21.3 Å². The number of carbonyl (C=O) groups excluding carboxylic acids is 1. The maximum absolute atomic E-state index is 13.0. The van der Waals surface area contributed by atoms with E-state index in [-0.39, 0.29) is 23.9 Å². The van der Waals surface area contributed by atoms with Gasteiger partial charge in [0.25, 0.3) is 11.2 Å². The second-order valence-corrected chi connectivity index (χ2v) is 7.92. The first-order chi connectivity index (χ1) is 14.0. The van der Waals surface area contributed by atoms with Crippen LogP contribution < -0.4 is 5.56 Å². The van der Waals surface area contributed by atoms with E-state index in [2.05, 4.69) is 4.98 Å². The fourth-order valence-corrected chi connectivity index (χ4v) is 4.51. The molecule has 150 valence electrons. The molecule has 4 rings (SSSR count). The first kappa shape index (κ1) is 19.3. The Bertz CT molecular complexity index is 1110. The van der Waals surface area contributed by atoms with Crippen LogP contribution in [0.15, 0.2) is 40.8 Å². The molecule has 0 bridgehead atoms. The molecular formula is C20H19N3O5S. The largest absolute Gasteiger partial charge is 0.461 e. The molecular weight excluding hydrogens is 394 g/mol. The number of nitro benzene ring substituents is 1. The molecule has 29 heavy (non-hydrogen) atoms. The van der Waals surface area contributed by atoms with E-state index in [4.69, 9.17) is 4.74 Å². The smallest absolute Gasteiger partial charge is 0.326 e. The van der Waals surface area contributed by atoms with Crippen molar-refractivity contribution in [2.75, 3.05) is 0 Å². The van der Waals surface area contributed by atoms with E-state index >= 15 is 0 Å². The number of ether oxygens (including phenoxy) is 1. The normalized spacial score (nSPS) is 14.8. The van der Waals surface area contributed by atoms with Gasteiger partial charge >= 0.3 is 5.97 Å². The first-order valence-electron chi connectivity index (χ1n) is 9.44. The number of non-ortho nitro benzene ring substituents is 1. The van der Waals surface area contributed by atoms with Crippen molar-refractivity contribution < 1.29 is 14.5 Å². The molecule has 0 unspecified atom stereocenters. The zero-order valence-electron chi connectivity index (χ0n) is 15.6. The molecule has 9 heteroatoms. The molecule has 2 heterocycles. The number of benzene rings is 1. The van der Waals surface area contributed by atoms with Crippen LogP contribution in [0.1, 0.15) is 32.1 Å². The third-order valence-corrected chi connectivity index (χ3v) is 5.99. The van der Waals surface area contributed by atoms with Crippen molar-refractivity contribution in [3.63, 3.8) is 0 Å². The number of esters is 1. The Morgan fingerprint density at radius 2 is 1.97 bits per heavy atom. The van der Waals surface area contributed by atoms with E-state index < -0.39 is 10.9 Å². The summed E-state index contributed by atoms with van der Waals surface area (Å²) in [6.45, 7) is -0.187. The van der Waals surface area contributed by atoms with Gasteiger partial charge in [0.15, 0.2) is 0 Å². The monoisotopic (exact) mass is 413 g/mol. The summed E-state index contributed by atoms with van der Waals surface area (Å²) in [4.78, 5) is 40.5. The fraction of sp³-hybridized carbons (Fsp3) is 0.350.